The van der Waals surface area contributed by atoms with Crippen LogP contribution in [0.4, 0.5) is 0 Å². The maximum absolute atomic E-state index is 6.71. The van der Waals surface area contributed by atoms with E-state index in [2.05, 4.69) is 132 Å². The molecule has 0 radical (unpaired) electrons. The van der Waals surface area contributed by atoms with Crippen LogP contribution in [0.2, 0.25) is 0 Å². The zero-order valence-electron chi connectivity index (χ0n) is 21.3. The third-order valence-corrected chi connectivity index (χ3v) is 7.90. The van der Waals surface area contributed by atoms with Gasteiger partial charge in [-0.25, -0.2) is 0 Å². The molecule has 8 rings (SSSR count). The highest BCUT2D eigenvalue weighted by atomic mass is 16.3. The van der Waals surface area contributed by atoms with Crippen molar-refractivity contribution < 1.29 is 8.98 Å². The van der Waals surface area contributed by atoms with Gasteiger partial charge in [-0.05, 0) is 47.5 Å². The highest BCUT2D eigenvalue weighted by Gasteiger charge is 2.28. The number of benzene rings is 5. The van der Waals surface area contributed by atoms with E-state index >= 15 is 0 Å². The number of aryl methyl sites for hydroxylation is 2. The lowest BCUT2D eigenvalue weighted by Crippen LogP contribution is -2.32. The first kappa shape index (κ1) is 21.2. The number of aromatic nitrogens is 2. The number of para-hydroxylation sites is 3. The zero-order chi connectivity index (χ0) is 25.4. The molecule has 0 unspecified atom stereocenters. The average Bonchev–Trinajstić information content (AvgIpc) is 3.49. The first-order chi connectivity index (χ1) is 18.7. The normalized spacial score (nSPS) is 11.9. The van der Waals surface area contributed by atoms with Crippen molar-refractivity contribution in [3.8, 4) is 16.9 Å². The smallest absolute Gasteiger partial charge is 0.256 e. The van der Waals surface area contributed by atoms with E-state index in [0.717, 1.165) is 33.3 Å². The van der Waals surface area contributed by atoms with Crippen molar-refractivity contribution in [2.45, 2.75) is 6.92 Å². The van der Waals surface area contributed by atoms with Crippen molar-refractivity contribution in [1.82, 2.24) is 4.57 Å². The summed E-state index contributed by atoms with van der Waals surface area (Å²) in [5.74, 6) is 0. The Kier molecular flexibility index (Phi) is 4.36. The van der Waals surface area contributed by atoms with Crippen LogP contribution in [0.5, 0.6) is 0 Å². The molecule has 38 heavy (non-hydrogen) atoms. The van der Waals surface area contributed by atoms with Crippen LogP contribution in [0.15, 0.2) is 120 Å². The standard InChI is InChI=1S/C35H25N2O/c1-22-19-23-11-3-4-12-24(23)20-28(22)34-35-33(27-15-7-10-18-32(27)38-35)31(21-36(34)2)37-29-16-8-5-13-25(29)26-14-6-9-17-30(26)37/h3-21H,1-2H3/q+1. The Balaban J connectivity index is 1.56. The molecule has 0 aliphatic rings. The van der Waals surface area contributed by atoms with Crippen LogP contribution in [-0.4, -0.2) is 4.57 Å². The molecule has 3 nitrogen and oxygen atoms in total. The molecule has 0 spiro atoms. The Labute approximate surface area is 219 Å². The van der Waals surface area contributed by atoms with Crippen LogP contribution in [0.1, 0.15) is 5.56 Å². The minimum absolute atomic E-state index is 0.899. The Morgan fingerprint density at radius 1 is 0.658 bits per heavy atom. The molecule has 0 bridgehead atoms. The molecule has 5 aromatic carbocycles. The summed E-state index contributed by atoms with van der Waals surface area (Å²) >= 11 is 0. The molecule has 0 aliphatic carbocycles. The Morgan fingerprint density at radius 3 is 1.95 bits per heavy atom. The Bertz CT molecular complexity index is 2160. The van der Waals surface area contributed by atoms with E-state index < -0.39 is 0 Å². The van der Waals surface area contributed by atoms with Gasteiger partial charge < -0.3 is 8.98 Å². The molecule has 8 aromatic rings. The van der Waals surface area contributed by atoms with E-state index in [1.807, 2.05) is 6.07 Å². The number of nitrogens with zero attached hydrogens (tertiary/aromatic N) is 2. The van der Waals surface area contributed by atoms with E-state index in [-0.39, 0.29) is 0 Å². The van der Waals surface area contributed by atoms with E-state index in [0.29, 0.717) is 0 Å². The van der Waals surface area contributed by atoms with Crippen LogP contribution in [0.25, 0.3) is 71.5 Å². The van der Waals surface area contributed by atoms with Gasteiger partial charge in [0.15, 0.2) is 6.20 Å². The Morgan fingerprint density at radius 2 is 1.24 bits per heavy atom. The molecule has 0 saturated heterocycles. The second-order valence-corrected chi connectivity index (χ2v) is 10.2. The molecule has 3 heterocycles. The number of rotatable bonds is 2. The van der Waals surface area contributed by atoms with Crippen LogP contribution >= 0.6 is 0 Å². The van der Waals surface area contributed by atoms with Crippen LogP contribution in [0.3, 0.4) is 0 Å². The monoisotopic (exact) mass is 489 g/mol. The quantitative estimate of drug-likeness (QED) is 0.223. The number of pyridine rings is 1. The van der Waals surface area contributed by atoms with Crippen LogP contribution in [-0.2, 0) is 7.05 Å². The maximum atomic E-state index is 6.71. The Hall–Kier alpha value is -4.89. The molecular formula is C35H25N2O+. The van der Waals surface area contributed by atoms with Crippen molar-refractivity contribution in [2.24, 2.45) is 7.05 Å². The number of fused-ring (bicyclic) bond motifs is 7. The summed E-state index contributed by atoms with van der Waals surface area (Å²) in [6.45, 7) is 2.19. The van der Waals surface area contributed by atoms with E-state index in [1.165, 1.54) is 43.7 Å². The lowest BCUT2D eigenvalue weighted by atomic mass is 9.97. The summed E-state index contributed by atoms with van der Waals surface area (Å²) in [5.41, 5.74) is 8.80. The van der Waals surface area contributed by atoms with Crippen molar-refractivity contribution >= 4 is 54.5 Å². The van der Waals surface area contributed by atoms with Crippen molar-refractivity contribution in [1.29, 1.82) is 0 Å². The molecule has 0 N–H and O–H groups in total. The molecule has 0 atom stereocenters. The maximum Gasteiger partial charge on any atom is 0.256 e. The summed E-state index contributed by atoms with van der Waals surface area (Å²) in [7, 11) is 2.13. The van der Waals surface area contributed by atoms with Crippen molar-refractivity contribution in [3.63, 3.8) is 0 Å². The van der Waals surface area contributed by atoms with Gasteiger partial charge in [0, 0.05) is 16.2 Å². The molecule has 0 fully saturated rings. The predicted octanol–water partition coefficient (Wildman–Crippen LogP) is 8.64. The highest BCUT2D eigenvalue weighted by Crippen LogP contribution is 2.41. The average molecular weight is 490 g/mol. The van der Waals surface area contributed by atoms with Gasteiger partial charge in [-0.15, -0.1) is 0 Å². The summed E-state index contributed by atoms with van der Waals surface area (Å²) < 4.78 is 11.3. The molecule has 0 aliphatic heterocycles. The van der Waals surface area contributed by atoms with Gasteiger partial charge in [0.2, 0.25) is 5.58 Å². The van der Waals surface area contributed by atoms with Gasteiger partial charge >= 0.3 is 0 Å². The lowest BCUT2D eigenvalue weighted by molar-refractivity contribution is -0.659. The topological polar surface area (TPSA) is 21.9 Å². The third kappa shape index (κ3) is 2.87. The van der Waals surface area contributed by atoms with E-state index in [4.69, 9.17) is 4.42 Å². The fourth-order valence-corrected chi connectivity index (χ4v) is 6.21. The summed E-state index contributed by atoms with van der Waals surface area (Å²) in [5, 5.41) is 7.23. The third-order valence-electron chi connectivity index (χ3n) is 7.90. The van der Waals surface area contributed by atoms with Gasteiger partial charge in [-0.2, -0.15) is 4.57 Å². The zero-order valence-corrected chi connectivity index (χ0v) is 21.3. The van der Waals surface area contributed by atoms with Gasteiger partial charge in [0.05, 0.1) is 22.0 Å². The van der Waals surface area contributed by atoms with Gasteiger partial charge in [-0.1, -0.05) is 84.9 Å². The van der Waals surface area contributed by atoms with Gasteiger partial charge in [0.1, 0.15) is 18.3 Å². The largest absolute Gasteiger partial charge is 0.449 e. The predicted molar refractivity (Wildman–Crippen MR) is 157 cm³/mol. The number of furan rings is 1. The SMILES string of the molecule is Cc1cc2ccccc2cc1-c1c2oc3ccccc3c2c(-n2c3ccccc3c3ccccc32)c[n+]1C. The molecule has 3 aromatic heterocycles. The first-order valence-electron chi connectivity index (χ1n) is 13.0. The summed E-state index contributed by atoms with van der Waals surface area (Å²) in [6.07, 6.45) is 2.27. The van der Waals surface area contributed by atoms with Crippen molar-refractivity contribution in [3.05, 3.63) is 121 Å². The second-order valence-electron chi connectivity index (χ2n) is 10.2. The molecule has 0 saturated carbocycles. The van der Waals surface area contributed by atoms with Gasteiger partial charge in [-0.3, -0.25) is 0 Å². The fraction of sp³-hybridized carbons (Fsp3) is 0.0571. The lowest BCUT2D eigenvalue weighted by Gasteiger charge is -2.12. The number of hydrogen-bond donors (Lipinski definition) is 0. The molecular weight excluding hydrogens is 464 g/mol. The minimum atomic E-state index is 0.899. The number of hydrogen-bond acceptors (Lipinski definition) is 1. The second kappa shape index (κ2) is 7.80. The molecule has 0 amide bonds. The van der Waals surface area contributed by atoms with Gasteiger partial charge in [0.25, 0.3) is 5.69 Å². The molecule has 180 valence electrons. The fourth-order valence-electron chi connectivity index (χ4n) is 6.21. The van der Waals surface area contributed by atoms with Crippen molar-refractivity contribution in [2.75, 3.05) is 0 Å². The summed E-state index contributed by atoms with van der Waals surface area (Å²) in [6, 6.07) is 38.9. The van der Waals surface area contributed by atoms with E-state index in [9.17, 15) is 0 Å². The van der Waals surface area contributed by atoms with E-state index in [1.54, 1.807) is 0 Å². The minimum Gasteiger partial charge on any atom is -0.449 e. The van der Waals surface area contributed by atoms with Crippen LogP contribution in [0, 0.1) is 6.92 Å². The van der Waals surface area contributed by atoms with Crippen LogP contribution < -0.4 is 4.57 Å². The highest BCUT2D eigenvalue weighted by molar-refractivity contribution is 6.16. The molecule has 3 heteroatoms. The first-order valence-corrected chi connectivity index (χ1v) is 13.0. The summed E-state index contributed by atoms with van der Waals surface area (Å²) in [4.78, 5) is 0.